The average molecular weight is 223 g/mol. The molecule has 1 amide bonds. The van der Waals surface area contributed by atoms with Crippen molar-refractivity contribution in [2.24, 2.45) is 0 Å². The molecule has 0 spiro atoms. The second kappa shape index (κ2) is 6.90. The highest BCUT2D eigenvalue weighted by atomic mass is 16.5. The van der Waals surface area contributed by atoms with Crippen molar-refractivity contribution in [3.8, 4) is 0 Å². The summed E-state index contributed by atoms with van der Waals surface area (Å²) in [5, 5.41) is 2.69. The average Bonchev–Trinajstić information content (AvgIpc) is 2.29. The van der Waals surface area contributed by atoms with Crippen LogP contribution in [-0.2, 0) is 4.74 Å². The molecule has 1 heterocycles. The highest BCUT2D eigenvalue weighted by molar-refractivity contribution is 5.90. The summed E-state index contributed by atoms with van der Waals surface area (Å²) in [5.74, 6) is -0.0683. The van der Waals surface area contributed by atoms with E-state index < -0.39 is 0 Å². The van der Waals surface area contributed by atoms with Crippen LogP contribution in [0.25, 0.3) is 0 Å². The van der Waals surface area contributed by atoms with Gasteiger partial charge >= 0.3 is 0 Å². The van der Waals surface area contributed by atoms with Gasteiger partial charge in [-0.2, -0.15) is 0 Å². The minimum Gasteiger partial charge on any atom is -0.380 e. The maximum absolute atomic E-state index is 11.5. The summed E-state index contributed by atoms with van der Waals surface area (Å²) < 4.78 is 5.23. The fourth-order valence-electron chi connectivity index (χ4n) is 1.07. The summed E-state index contributed by atoms with van der Waals surface area (Å²) in [4.78, 5) is 19.4. The number of nitrogens with zero attached hydrogens (tertiary/aromatic N) is 2. The number of rotatable bonds is 6. The summed E-state index contributed by atoms with van der Waals surface area (Å²) in [6.45, 7) is 5.64. The molecule has 5 heteroatoms. The lowest BCUT2D eigenvalue weighted by molar-refractivity contribution is 0.0905. The molecule has 0 fully saturated rings. The third-order valence-corrected chi connectivity index (χ3v) is 1.86. The summed E-state index contributed by atoms with van der Waals surface area (Å²) in [7, 11) is 0. The minimum absolute atomic E-state index is 0.195. The number of carbonyl (C=O) groups is 1. The van der Waals surface area contributed by atoms with Gasteiger partial charge in [-0.25, -0.2) is 9.97 Å². The van der Waals surface area contributed by atoms with E-state index in [-0.39, 0.29) is 11.7 Å². The standard InChI is InChI=1S/C11H17N3O2/c1-3-5-16-6-4-12-11(15)10-13-7-9(2)8-14-10/h7-8H,3-6H2,1-2H3,(H,12,15). The first kappa shape index (κ1) is 12.6. The fraction of sp³-hybridized carbons (Fsp3) is 0.545. The van der Waals surface area contributed by atoms with Crippen LogP contribution in [0.4, 0.5) is 0 Å². The van der Waals surface area contributed by atoms with Crippen molar-refractivity contribution in [1.82, 2.24) is 15.3 Å². The molecule has 0 bridgehead atoms. The number of hydrogen-bond acceptors (Lipinski definition) is 4. The Bertz CT molecular complexity index is 325. The second-order valence-corrected chi connectivity index (χ2v) is 3.45. The molecule has 16 heavy (non-hydrogen) atoms. The predicted molar refractivity (Wildman–Crippen MR) is 60.2 cm³/mol. The van der Waals surface area contributed by atoms with Crippen molar-refractivity contribution < 1.29 is 9.53 Å². The molecular weight excluding hydrogens is 206 g/mol. The second-order valence-electron chi connectivity index (χ2n) is 3.45. The predicted octanol–water partition coefficient (Wildman–Crippen LogP) is 0.941. The Morgan fingerprint density at radius 2 is 2.06 bits per heavy atom. The zero-order chi connectivity index (χ0) is 11.8. The van der Waals surface area contributed by atoms with Gasteiger partial charge in [-0.1, -0.05) is 6.92 Å². The lowest BCUT2D eigenvalue weighted by atomic mass is 10.4. The van der Waals surface area contributed by atoms with Crippen LogP contribution in [0.1, 0.15) is 29.5 Å². The largest absolute Gasteiger partial charge is 0.380 e. The zero-order valence-corrected chi connectivity index (χ0v) is 9.69. The SMILES string of the molecule is CCCOCCNC(=O)c1ncc(C)cn1. The van der Waals surface area contributed by atoms with Crippen LogP contribution in [0.2, 0.25) is 0 Å². The molecule has 1 N–H and O–H groups in total. The Kier molecular flexibility index (Phi) is 5.42. The molecule has 88 valence electrons. The van der Waals surface area contributed by atoms with Crippen LogP contribution in [-0.4, -0.2) is 35.6 Å². The van der Waals surface area contributed by atoms with Gasteiger partial charge in [0.05, 0.1) is 6.61 Å². The number of amides is 1. The fourth-order valence-corrected chi connectivity index (χ4v) is 1.07. The van der Waals surface area contributed by atoms with Crippen LogP contribution >= 0.6 is 0 Å². The van der Waals surface area contributed by atoms with E-state index in [0.29, 0.717) is 13.2 Å². The van der Waals surface area contributed by atoms with Gasteiger partial charge in [0.25, 0.3) is 5.91 Å². The lowest BCUT2D eigenvalue weighted by Gasteiger charge is -2.04. The molecule has 5 nitrogen and oxygen atoms in total. The number of nitrogens with one attached hydrogen (secondary N) is 1. The maximum Gasteiger partial charge on any atom is 0.289 e. The van der Waals surface area contributed by atoms with Gasteiger partial charge in [-0.3, -0.25) is 4.79 Å². The van der Waals surface area contributed by atoms with Gasteiger partial charge in [0.2, 0.25) is 5.82 Å². The van der Waals surface area contributed by atoms with E-state index in [1.54, 1.807) is 12.4 Å². The van der Waals surface area contributed by atoms with Crippen molar-refractivity contribution in [2.45, 2.75) is 20.3 Å². The van der Waals surface area contributed by atoms with E-state index in [1.165, 1.54) is 0 Å². The summed E-state index contributed by atoms with van der Waals surface area (Å²) in [6.07, 6.45) is 4.22. The number of carbonyl (C=O) groups excluding carboxylic acids is 1. The molecule has 0 unspecified atom stereocenters. The number of aromatic nitrogens is 2. The van der Waals surface area contributed by atoms with Crippen molar-refractivity contribution in [2.75, 3.05) is 19.8 Å². The molecule has 0 saturated carbocycles. The smallest absolute Gasteiger partial charge is 0.289 e. The Labute approximate surface area is 95.3 Å². The van der Waals surface area contributed by atoms with Crippen LogP contribution in [0.5, 0.6) is 0 Å². The van der Waals surface area contributed by atoms with Crippen LogP contribution < -0.4 is 5.32 Å². The van der Waals surface area contributed by atoms with Gasteiger partial charge in [0, 0.05) is 25.5 Å². The lowest BCUT2D eigenvalue weighted by Crippen LogP contribution is -2.28. The van der Waals surface area contributed by atoms with E-state index >= 15 is 0 Å². The summed E-state index contributed by atoms with van der Waals surface area (Å²) in [5.41, 5.74) is 0.933. The molecule has 1 rings (SSSR count). The summed E-state index contributed by atoms with van der Waals surface area (Å²) >= 11 is 0. The maximum atomic E-state index is 11.5. The first-order chi connectivity index (χ1) is 7.74. The quantitative estimate of drug-likeness (QED) is 0.729. The van der Waals surface area contributed by atoms with Crippen molar-refractivity contribution in [1.29, 1.82) is 0 Å². The number of ether oxygens (including phenoxy) is 1. The Morgan fingerprint density at radius 3 is 2.69 bits per heavy atom. The van der Waals surface area contributed by atoms with E-state index in [4.69, 9.17) is 4.74 Å². The Balaban J connectivity index is 2.27. The van der Waals surface area contributed by atoms with Crippen molar-refractivity contribution in [3.63, 3.8) is 0 Å². The van der Waals surface area contributed by atoms with Crippen LogP contribution in [0.3, 0.4) is 0 Å². The molecule has 1 aromatic heterocycles. The van der Waals surface area contributed by atoms with E-state index in [1.807, 2.05) is 13.8 Å². The first-order valence-electron chi connectivity index (χ1n) is 5.38. The van der Waals surface area contributed by atoms with E-state index in [2.05, 4.69) is 15.3 Å². The van der Waals surface area contributed by atoms with Gasteiger partial charge in [0.15, 0.2) is 0 Å². The van der Waals surface area contributed by atoms with E-state index in [0.717, 1.165) is 18.6 Å². The molecule has 0 aliphatic rings. The molecular formula is C11H17N3O2. The molecule has 0 atom stereocenters. The number of aryl methyl sites for hydroxylation is 1. The summed E-state index contributed by atoms with van der Waals surface area (Å²) in [6, 6.07) is 0. The Hall–Kier alpha value is -1.49. The molecule has 1 aromatic rings. The van der Waals surface area contributed by atoms with E-state index in [9.17, 15) is 4.79 Å². The van der Waals surface area contributed by atoms with Gasteiger partial charge in [0.1, 0.15) is 0 Å². The normalized spacial score (nSPS) is 10.1. The van der Waals surface area contributed by atoms with Crippen molar-refractivity contribution >= 4 is 5.91 Å². The van der Waals surface area contributed by atoms with Crippen LogP contribution in [0, 0.1) is 6.92 Å². The highest BCUT2D eigenvalue weighted by Gasteiger charge is 2.06. The molecule has 0 aliphatic heterocycles. The van der Waals surface area contributed by atoms with Crippen LogP contribution in [0.15, 0.2) is 12.4 Å². The third kappa shape index (κ3) is 4.35. The first-order valence-corrected chi connectivity index (χ1v) is 5.38. The zero-order valence-electron chi connectivity index (χ0n) is 9.69. The van der Waals surface area contributed by atoms with Crippen molar-refractivity contribution in [3.05, 3.63) is 23.8 Å². The van der Waals surface area contributed by atoms with Gasteiger partial charge in [-0.15, -0.1) is 0 Å². The Morgan fingerprint density at radius 1 is 1.38 bits per heavy atom. The topological polar surface area (TPSA) is 64.1 Å². The molecule has 0 saturated heterocycles. The third-order valence-electron chi connectivity index (χ3n) is 1.86. The monoisotopic (exact) mass is 223 g/mol. The molecule has 0 aromatic carbocycles. The minimum atomic E-state index is -0.264. The van der Waals surface area contributed by atoms with Gasteiger partial charge < -0.3 is 10.1 Å². The number of hydrogen-bond donors (Lipinski definition) is 1. The highest BCUT2D eigenvalue weighted by Crippen LogP contribution is 1.93. The molecule has 0 radical (unpaired) electrons. The molecule has 0 aliphatic carbocycles. The van der Waals surface area contributed by atoms with Gasteiger partial charge in [-0.05, 0) is 18.9 Å².